The third-order valence-electron chi connectivity index (χ3n) is 4.19. The van der Waals surface area contributed by atoms with Crippen molar-refractivity contribution < 1.29 is 4.79 Å². The second kappa shape index (κ2) is 11.3. The molecule has 140 valence electrons. The molecule has 1 fully saturated rings. The Kier molecular flexibility index (Phi) is 9.85. The summed E-state index contributed by atoms with van der Waals surface area (Å²) in [6, 6.07) is 10.7. The summed E-state index contributed by atoms with van der Waals surface area (Å²) in [6.07, 6.45) is 1.90. The van der Waals surface area contributed by atoms with Crippen molar-refractivity contribution in [3.8, 4) is 0 Å². The van der Waals surface area contributed by atoms with Gasteiger partial charge in [-0.1, -0.05) is 44.2 Å². The largest absolute Gasteiger partial charge is 0.357 e. The summed E-state index contributed by atoms with van der Waals surface area (Å²) in [5.41, 5.74) is 1.30. The molecule has 6 heteroatoms. The number of carbonyl (C=O) groups excluding carboxylic acids is 1. The van der Waals surface area contributed by atoms with E-state index in [2.05, 4.69) is 46.8 Å². The number of halogens is 1. The predicted molar refractivity (Wildman–Crippen MR) is 114 cm³/mol. The minimum Gasteiger partial charge on any atom is -0.357 e. The minimum absolute atomic E-state index is 0. The predicted octanol–water partition coefficient (Wildman–Crippen LogP) is 2.66. The van der Waals surface area contributed by atoms with Gasteiger partial charge in [0.05, 0.1) is 0 Å². The van der Waals surface area contributed by atoms with Crippen LogP contribution in [-0.2, 0) is 11.2 Å². The summed E-state index contributed by atoms with van der Waals surface area (Å²) in [5.74, 6) is 1.15. The molecule has 2 N–H and O–H groups in total. The van der Waals surface area contributed by atoms with Crippen molar-refractivity contribution in [1.82, 2.24) is 15.5 Å². The SMILES string of the molecule is CCNC(=NCCc1ccccc1)NC1CCN(C(=O)C(C)C)C1.I. The van der Waals surface area contributed by atoms with Crippen molar-refractivity contribution in [3.05, 3.63) is 35.9 Å². The molecule has 2 rings (SSSR count). The van der Waals surface area contributed by atoms with Gasteiger partial charge in [0.1, 0.15) is 0 Å². The number of aliphatic imine (C=N–C) groups is 1. The lowest BCUT2D eigenvalue weighted by Crippen LogP contribution is -2.45. The smallest absolute Gasteiger partial charge is 0.225 e. The van der Waals surface area contributed by atoms with Gasteiger partial charge in [-0.2, -0.15) is 0 Å². The van der Waals surface area contributed by atoms with Crippen LogP contribution in [-0.4, -0.2) is 49.0 Å². The van der Waals surface area contributed by atoms with Crippen LogP contribution in [0.25, 0.3) is 0 Å². The Bertz CT molecular complexity index is 548. The molecule has 0 radical (unpaired) electrons. The van der Waals surface area contributed by atoms with E-state index in [1.165, 1.54) is 5.56 Å². The molecule has 0 aromatic heterocycles. The van der Waals surface area contributed by atoms with E-state index >= 15 is 0 Å². The van der Waals surface area contributed by atoms with E-state index in [0.29, 0.717) is 0 Å². The van der Waals surface area contributed by atoms with Crippen LogP contribution in [0.4, 0.5) is 0 Å². The van der Waals surface area contributed by atoms with Crippen LogP contribution < -0.4 is 10.6 Å². The van der Waals surface area contributed by atoms with Gasteiger partial charge in [0, 0.05) is 38.1 Å². The number of hydrogen-bond donors (Lipinski definition) is 2. The molecule has 1 aromatic carbocycles. The maximum Gasteiger partial charge on any atom is 0.225 e. The Hall–Kier alpha value is -1.31. The molecule has 0 spiro atoms. The number of hydrogen-bond acceptors (Lipinski definition) is 2. The number of likely N-dealkylation sites (tertiary alicyclic amines) is 1. The van der Waals surface area contributed by atoms with Crippen LogP contribution in [0.2, 0.25) is 0 Å². The number of guanidine groups is 1. The molecule has 1 saturated heterocycles. The van der Waals surface area contributed by atoms with E-state index in [1.807, 2.05) is 24.8 Å². The number of carbonyl (C=O) groups is 1. The average molecular weight is 458 g/mol. The molecule has 1 aliphatic heterocycles. The maximum atomic E-state index is 12.1. The zero-order chi connectivity index (χ0) is 17.4. The Labute approximate surface area is 168 Å². The Morgan fingerprint density at radius 3 is 2.68 bits per heavy atom. The summed E-state index contributed by atoms with van der Waals surface area (Å²) >= 11 is 0. The first-order chi connectivity index (χ1) is 11.6. The monoisotopic (exact) mass is 458 g/mol. The third kappa shape index (κ3) is 7.22. The number of amides is 1. The van der Waals surface area contributed by atoms with Crippen molar-refractivity contribution >= 4 is 35.8 Å². The van der Waals surface area contributed by atoms with E-state index in [9.17, 15) is 4.79 Å². The first-order valence-electron chi connectivity index (χ1n) is 8.97. The third-order valence-corrected chi connectivity index (χ3v) is 4.19. The molecule has 0 bridgehead atoms. The lowest BCUT2D eigenvalue weighted by molar-refractivity contribution is -0.133. The van der Waals surface area contributed by atoms with Crippen molar-refractivity contribution in [2.24, 2.45) is 10.9 Å². The van der Waals surface area contributed by atoms with Crippen molar-refractivity contribution in [1.29, 1.82) is 0 Å². The zero-order valence-electron chi connectivity index (χ0n) is 15.5. The number of rotatable bonds is 6. The molecule has 1 unspecified atom stereocenters. The molecule has 5 nitrogen and oxygen atoms in total. The van der Waals surface area contributed by atoms with Gasteiger partial charge in [-0.25, -0.2) is 0 Å². The zero-order valence-corrected chi connectivity index (χ0v) is 17.8. The molecule has 0 aliphatic carbocycles. The van der Waals surface area contributed by atoms with Crippen molar-refractivity contribution in [2.75, 3.05) is 26.2 Å². The number of nitrogens with one attached hydrogen (secondary N) is 2. The van der Waals surface area contributed by atoms with Gasteiger partial charge in [-0.15, -0.1) is 24.0 Å². The average Bonchev–Trinajstić information content (AvgIpc) is 3.03. The van der Waals surface area contributed by atoms with Gasteiger partial charge in [-0.05, 0) is 25.3 Å². The molecule has 1 heterocycles. The quantitative estimate of drug-likeness (QED) is 0.392. The molecule has 1 amide bonds. The fraction of sp³-hybridized carbons (Fsp3) is 0.579. The first-order valence-corrected chi connectivity index (χ1v) is 8.97. The van der Waals surface area contributed by atoms with Gasteiger partial charge in [0.15, 0.2) is 5.96 Å². The summed E-state index contributed by atoms with van der Waals surface area (Å²) in [6.45, 7) is 9.16. The van der Waals surface area contributed by atoms with Gasteiger partial charge in [-0.3, -0.25) is 9.79 Å². The van der Waals surface area contributed by atoms with E-state index in [0.717, 1.165) is 45.0 Å². The highest BCUT2D eigenvalue weighted by Gasteiger charge is 2.27. The van der Waals surface area contributed by atoms with Crippen molar-refractivity contribution in [2.45, 2.75) is 39.7 Å². The fourth-order valence-corrected chi connectivity index (χ4v) is 2.90. The van der Waals surface area contributed by atoms with Gasteiger partial charge in [0.25, 0.3) is 0 Å². The molecule has 1 aliphatic rings. The standard InChI is InChI=1S/C19H30N4O.HI/c1-4-20-19(21-12-10-16-8-6-5-7-9-16)22-17-11-13-23(14-17)18(24)15(2)3;/h5-9,15,17H,4,10-14H2,1-3H3,(H2,20,21,22);1H. The Morgan fingerprint density at radius 1 is 1.32 bits per heavy atom. The summed E-state index contributed by atoms with van der Waals surface area (Å²) in [5, 5.41) is 6.77. The molecular weight excluding hydrogens is 427 g/mol. The molecule has 0 saturated carbocycles. The summed E-state index contributed by atoms with van der Waals surface area (Å²) in [4.78, 5) is 18.7. The highest BCUT2D eigenvalue weighted by molar-refractivity contribution is 14.0. The van der Waals surface area contributed by atoms with Crippen LogP contribution in [0.5, 0.6) is 0 Å². The first kappa shape index (κ1) is 21.7. The van der Waals surface area contributed by atoms with Crippen LogP contribution >= 0.6 is 24.0 Å². The highest BCUT2D eigenvalue weighted by atomic mass is 127. The van der Waals surface area contributed by atoms with Gasteiger partial charge in [0.2, 0.25) is 5.91 Å². The Balaban J connectivity index is 0.00000312. The minimum atomic E-state index is 0. The Morgan fingerprint density at radius 2 is 2.04 bits per heavy atom. The summed E-state index contributed by atoms with van der Waals surface area (Å²) < 4.78 is 0. The number of benzene rings is 1. The summed E-state index contributed by atoms with van der Waals surface area (Å²) in [7, 11) is 0. The molecule has 1 atom stereocenters. The lowest BCUT2D eigenvalue weighted by Gasteiger charge is -2.20. The fourth-order valence-electron chi connectivity index (χ4n) is 2.90. The van der Waals surface area contributed by atoms with E-state index < -0.39 is 0 Å². The number of nitrogens with zero attached hydrogens (tertiary/aromatic N) is 2. The van der Waals surface area contributed by atoms with E-state index in [4.69, 9.17) is 0 Å². The molecular formula is C19H31IN4O. The normalized spacial score (nSPS) is 17.4. The topological polar surface area (TPSA) is 56.7 Å². The molecule has 1 aromatic rings. The van der Waals surface area contributed by atoms with E-state index in [1.54, 1.807) is 0 Å². The van der Waals surface area contributed by atoms with Crippen LogP contribution in [0, 0.1) is 5.92 Å². The van der Waals surface area contributed by atoms with E-state index in [-0.39, 0.29) is 41.8 Å². The van der Waals surface area contributed by atoms with Crippen LogP contribution in [0.1, 0.15) is 32.8 Å². The second-order valence-corrected chi connectivity index (χ2v) is 6.57. The van der Waals surface area contributed by atoms with Gasteiger partial charge < -0.3 is 15.5 Å². The highest BCUT2D eigenvalue weighted by Crippen LogP contribution is 2.12. The van der Waals surface area contributed by atoms with Crippen LogP contribution in [0.3, 0.4) is 0 Å². The maximum absolute atomic E-state index is 12.1. The van der Waals surface area contributed by atoms with Crippen LogP contribution in [0.15, 0.2) is 35.3 Å². The van der Waals surface area contributed by atoms with Gasteiger partial charge >= 0.3 is 0 Å². The molecule has 25 heavy (non-hydrogen) atoms. The van der Waals surface area contributed by atoms with Crippen molar-refractivity contribution in [3.63, 3.8) is 0 Å². The lowest BCUT2D eigenvalue weighted by atomic mass is 10.2. The second-order valence-electron chi connectivity index (χ2n) is 6.57.